The Morgan fingerprint density at radius 2 is 1.61 bits per heavy atom. The predicted molar refractivity (Wildman–Crippen MR) is 77.2 cm³/mol. The Morgan fingerprint density at radius 1 is 0.833 bits per heavy atom. The molecule has 0 saturated heterocycles. The van der Waals surface area contributed by atoms with Gasteiger partial charge in [0.15, 0.2) is 0 Å². The molecule has 0 aliphatic rings. The minimum atomic E-state index is 1.11. The van der Waals surface area contributed by atoms with Crippen LogP contribution in [0.4, 0.5) is 11.4 Å². The van der Waals surface area contributed by atoms with E-state index in [1.165, 1.54) is 16.3 Å². The van der Waals surface area contributed by atoms with Gasteiger partial charge in [0.25, 0.3) is 0 Å². The lowest BCUT2D eigenvalue weighted by molar-refractivity contribution is 1.46. The minimum absolute atomic E-state index is 1.11. The quantitative estimate of drug-likeness (QED) is 0.675. The highest BCUT2D eigenvalue weighted by Gasteiger charge is 1.97. The predicted octanol–water partition coefficient (Wildman–Crippen LogP) is 4.69. The summed E-state index contributed by atoms with van der Waals surface area (Å²) < 4.78 is 0. The van der Waals surface area contributed by atoms with Crippen molar-refractivity contribution < 1.29 is 0 Å². The van der Waals surface area contributed by atoms with Crippen LogP contribution in [-0.2, 0) is 0 Å². The highest BCUT2D eigenvalue weighted by atomic mass is 14.9. The van der Waals surface area contributed by atoms with Crippen molar-refractivity contribution in [3.8, 4) is 0 Å². The summed E-state index contributed by atoms with van der Waals surface area (Å²) in [5, 5.41) is 5.86. The molecule has 0 bridgehead atoms. The molecule has 3 rings (SSSR count). The molecular formula is C17H14N. The lowest BCUT2D eigenvalue weighted by Crippen LogP contribution is -1.89. The molecule has 0 spiro atoms. The molecule has 1 radical (unpaired) electrons. The molecule has 0 fully saturated rings. The van der Waals surface area contributed by atoms with Crippen LogP contribution >= 0.6 is 0 Å². The van der Waals surface area contributed by atoms with Gasteiger partial charge in [-0.25, -0.2) is 0 Å². The second kappa shape index (κ2) is 4.53. The first-order chi connectivity index (χ1) is 8.81. The molecule has 1 N–H and O–H groups in total. The fourth-order valence-corrected chi connectivity index (χ4v) is 2.01. The number of aryl methyl sites for hydroxylation is 1. The van der Waals surface area contributed by atoms with Crippen LogP contribution < -0.4 is 5.32 Å². The van der Waals surface area contributed by atoms with E-state index in [0.717, 1.165) is 11.4 Å². The number of hydrogen-bond acceptors (Lipinski definition) is 1. The standard InChI is InChI=1S/C17H14N/c1-13-6-9-16(10-7-13)18-17-11-8-14-4-2-3-5-15(14)12-17/h3-12,18H,1H3. The summed E-state index contributed by atoms with van der Waals surface area (Å²) in [6.45, 7) is 2.09. The number of benzene rings is 3. The maximum Gasteiger partial charge on any atom is 0.0390 e. The number of nitrogens with one attached hydrogen (secondary N) is 1. The molecule has 3 aromatic carbocycles. The Hall–Kier alpha value is -2.28. The minimum Gasteiger partial charge on any atom is -0.356 e. The zero-order valence-electron chi connectivity index (χ0n) is 10.3. The molecule has 0 atom stereocenters. The average Bonchev–Trinajstić information content (AvgIpc) is 2.41. The van der Waals surface area contributed by atoms with Gasteiger partial charge in [-0.15, -0.1) is 0 Å². The van der Waals surface area contributed by atoms with E-state index >= 15 is 0 Å². The number of anilines is 2. The maximum atomic E-state index is 3.41. The van der Waals surface area contributed by atoms with Crippen molar-refractivity contribution in [3.05, 3.63) is 72.3 Å². The maximum absolute atomic E-state index is 3.41. The van der Waals surface area contributed by atoms with Crippen molar-refractivity contribution in [1.29, 1.82) is 0 Å². The highest BCUT2D eigenvalue weighted by molar-refractivity contribution is 5.86. The molecule has 3 aromatic rings. The molecule has 0 unspecified atom stereocenters. The molecule has 1 heteroatoms. The summed E-state index contributed by atoms with van der Waals surface area (Å²) in [6.07, 6.45) is 0. The first kappa shape index (κ1) is 10.8. The third kappa shape index (κ3) is 2.21. The van der Waals surface area contributed by atoms with E-state index in [-0.39, 0.29) is 0 Å². The molecule has 0 heterocycles. The largest absolute Gasteiger partial charge is 0.356 e. The van der Waals surface area contributed by atoms with E-state index in [1.54, 1.807) is 0 Å². The van der Waals surface area contributed by atoms with Crippen LogP contribution in [-0.4, -0.2) is 0 Å². The van der Waals surface area contributed by atoms with E-state index < -0.39 is 0 Å². The van der Waals surface area contributed by atoms with E-state index in [9.17, 15) is 0 Å². The number of hydrogen-bond donors (Lipinski definition) is 1. The third-order valence-electron chi connectivity index (χ3n) is 3.02. The topological polar surface area (TPSA) is 12.0 Å². The van der Waals surface area contributed by atoms with Crippen molar-refractivity contribution in [1.82, 2.24) is 0 Å². The summed E-state index contributed by atoms with van der Waals surface area (Å²) in [5.74, 6) is 0. The van der Waals surface area contributed by atoms with Gasteiger partial charge in [-0.05, 0) is 54.1 Å². The van der Waals surface area contributed by atoms with E-state index in [4.69, 9.17) is 0 Å². The van der Waals surface area contributed by atoms with Gasteiger partial charge < -0.3 is 5.32 Å². The summed E-state index contributed by atoms with van der Waals surface area (Å²) in [6, 6.07) is 23.9. The smallest absolute Gasteiger partial charge is 0.0390 e. The Bertz CT molecular complexity index is 669. The Kier molecular flexibility index (Phi) is 2.73. The Balaban J connectivity index is 1.92. The molecule has 0 amide bonds. The summed E-state index contributed by atoms with van der Waals surface area (Å²) in [5.41, 5.74) is 3.49. The molecule has 1 nitrogen and oxygen atoms in total. The molecule has 0 aliphatic heterocycles. The van der Waals surface area contributed by atoms with Gasteiger partial charge >= 0.3 is 0 Å². The Labute approximate surface area is 107 Å². The van der Waals surface area contributed by atoms with Crippen LogP contribution in [0.25, 0.3) is 10.8 Å². The fraction of sp³-hybridized carbons (Fsp3) is 0.0588. The number of rotatable bonds is 2. The second-order valence-corrected chi connectivity index (χ2v) is 4.48. The van der Waals surface area contributed by atoms with E-state index in [1.807, 2.05) is 12.1 Å². The van der Waals surface area contributed by atoms with Gasteiger partial charge in [0, 0.05) is 11.4 Å². The second-order valence-electron chi connectivity index (χ2n) is 4.48. The van der Waals surface area contributed by atoms with Crippen molar-refractivity contribution in [2.24, 2.45) is 0 Å². The highest BCUT2D eigenvalue weighted by Crippen LogP contribution is 2.22. The average molecular weight is 232 g/mol. The van der Waals surface area contributed by atoms with Crippen LogP contribution in [0, 0.1) is 13.0 Å². The molecule has 87 valence electrons. The first-order valence-corrected chi connectivity index (χ1v) is 6.05. The van der Waals surface area contributed by atoms with Crippen LogP contribution in [0.1, 0.15) is 5.56 Å². The van der Waals surface area contributed by atoms with Crippen LogP contribution in [0.5, 0.6) is 0 Å². The lowest BCUT2D eigenvalue weighted by Gasteiger charge is -2.08. The number of fused-ring (bicyclic) bond motifs is 1. The summed E-state index contributed by atoms with van der Waals surface area (Å²) in [7, 11) is 0. The lowest BCUT2D eigenvalue weighted by atomic mass is 10.1. The van der Waals surface area contributed by atoms with E-state index in [2.05, 4.69) is 66.8 Å². The van der Waals surface area contributed by atoms with Crippen molar-refractivity contribution >= 4 is 22.1 Å². The molecule has 0 aliphatic carbocycles. The molecule has 0 aromatic heterocycles. The zero-order chi connectivity index (χ0) is 12.4. The van der Waals surface area contributed by atoms with Gasteiger partial charge in [-0.3, -0.25) is 0 Å². The Morgan fingerprint density at radius 3 is 2.44 bits per heavy atom. The van der Waals surface area contributed by atoms with Gasteiger partial charge in [0.1, 0.15) is 0 Å². The third-order valence-corrected chi connectivity index (χ3v) is 3.02. The SMILES string of the molecule is Cc1ccc(Nc2ccc3c[c]ccc3c2)cc1. The monoisotopic (exact) mass is 232 g/mol. The van der Waals surface area contributed by atoms with Crippen molar-refractivity contribution in [2.75, 3.05) is 5.32 Å². The van der Waals surface area contributed by atoms with Gasteiger partial charge in [0.05, 0.1) is 0 Å². The van der Waals surface area contributed by atoms with Crippen LogP contribution in [0.2, 0.25) is 0 Å². The molecule has 0 saturated carbocycles. The molecule has 18 heavy (non-hydrogen) atoms. The van der Waals surface area contributed by atoms with Gasteiger partial charge in [0.2, 0.25) is 0 Å². The zero-order valence-corrected chi connectivity index (χ0v) is 10.3. The van der Waals surface area contributed by atoms with Crippen molar-refractivity contribution in [3.63, 3.8) is 0 Å². The first-order valence-electron chi connectivity index (χ1n) is 6.05. The van der Waals surface area contributed by atoms with Crippen LogP contribution in [0.15, 0.2) is 60.7 Å². The normalized spacial score (nSPS) is 10.5. The van der Waals surface area contributed by atoms with Crippen LogP contribution in [0.3, 0.4) is 0 Å². The molecular weight excluding hydrogens is 218 g/mol. The fourth-order valence-electron chi connectivity index (χ4n) is 2.01. The van der Waals surface area contributed by atoms with Crippen molar-refractivity contribution in [2.45, 2.75) is 6.92 Å². The summed E-state index contributed by atoms with van der Waals surface area (Å²) in [4.78, 5) is 0. The van der Waals surface area contributed by atoms with Gasteiger partial charge in [-0.2, -0.15) is 0 Å². The summed E-state index contributed by atoms with van der Waals surface area (Å²) >= 11 is 0. The van der Waals surface area contributed by atoms with E-state index in [0.29, 0.717) is 0 Å². The van der Waals surface area contributed by atoms with Gasteiger partial charge in [-0.1, -0.05) is 35.9 Å².